The number of carbonyl (C=O) groups excluding carboxylic acids is 1. The lowest BCUT2D eigenvalue weighted by molar-refractivity contribution is -0.140. The first-order valence-electron chi connectivity index (χ1n) is 9.08. The number of alkyl halides is 3. The molecule has 1 aromatic carbocycles. The van der Waals surface area contributed by atoms with E-state index in [-0.39, 0.29) is 40.7 Å². The van der Waals surface area contributed by atoms with E-state index in [0.717, 1.165) is 0 Å². The summed E-state index contributed by atoms with van der Waals surface area (Å²) in [6.07, 6.45) is 0.592. The average molecular weight is 437 g/mol. The molecule has 12 heteroatoms. The van der Waals surface area contributed by atoms with Crippen molar-refractivity contribution in [2.45, 2.75) is 26.1 Å². The first kappa shape index (κ1) is 22.0. The van der Waals surface area contributed by atoms with Crippen LogP contribution in [0.2, 0.25) is 0 Å². The molecular weight excluding hydrogens is 418 g/mol. The normalized spacial score (nSPS) is 14.7. The topological polar surface area (TPSA) is 97.8 Å². The maximum Gasteiger partial charge on any atom is 0.419 e. The van der Waals surface area contributed by atoms with E-state index in [4.69, 9.17) is 0 Å². The lowest BCUT2D eigenvalue weighted by Gasteiger charge is -2.23. The second-order valence-corrected chi connectivity index (χ2v) is 6.85. The summed E-state index contributed by atoms with van der Waals surface area (Å²) < 4.78 is 57.2. The highest BCUT2D eigenvalue weighted by Gasteiger charge is 2.41. The summed E-state index contributed by atoms with van der Waals surface area (Å²) >= 11 is 0. The summed E-state index contributed by atoms with van der Waals surface area (Å²) in [7, 11) is 0. The van der Waals surface area contributed by atoms with E-state index in [2.05, 4.69) is 37.5 Å². The minimum absolute atomic E-state index is 0.0548. The molecule has 1 aliphatic heterocycles. The van der Waals surface area contributed by atoms with Crippen LogP contribution in [0.1, 0.15) is 25.0 Å². The molecule has 164 valence electrons. The van der Waals surface area contributed by atoms with Crippen LogP contribution in [0.15, 0.2) is 34.4 Å². The predicted octanol–water partition coefficient (Wildman–Crippen LogP) is 3.47. The molecule has 0 radical (unpaired) electrons. The van der Waals surface area contributed by atoms with Crippen molar-refractivity contribution in [3.8, 4) is 0 Å². The molecule has 2 aromatic rings. The maximum atomic E-state index is 15.2. The lowest BCUT2D eigenvalue weighted by Crippen LogP contribution is -2.22. The molecule has 3 rings (SSSR count). The van der Waals surface area contributed by atoms with Gasteiger partial charge >= 0.3 is 6.18 Å². The zero-order chi connectivity index (χ0) is 22.8. The quantitative estimate of drug-likeness (QED) is 0.351. The summed E-state index contributed by atoms with van der Waals surface area (Å²) in [6, 6.07) is -0.323. The summed E-state index contributed by atoms with van der Waals surface area (Å²) in [6.45, 7) is 6.86. The summed E-state index contributed by atoms with van der Waals surface area (Å²) in [5, 5.41) is 11.5. The largest absolute Gasteiger partial charge is 0.419 e. The van der Waals surface area contributed by atoms with Crippen LogP contribution in [0.4, 0.5) is 23.2 Å². The third-order valence-electron chi connectivity index (χ3n) is 4.30. The molecule has 1 aliphatic rings. The number of rotatable bonds is 7. The fourth-order valence-corrected chi connectivity index (χ4v) is 3.14. The van der Waals surface area contributed by atoms with Crippen LogP contribution < -0.4 is 10.6 Å². The Morgan fingerprint density at radius 3 is 2.77 bits per heavy atom. The van der Waals surface area contributed by atoms with Crippen molar-refractivity contribution < 1.29 is 22.4 Å². The lowest BCUT2D eigenvalue weighted by atomic mass is 9.97. The van der Waals surface area contributed by atoms with Gasteiger partial charge in [-0.15, -0.1) is 0 Å². The third kappa shape index (κ3) is 4.42. The van der Waals surface area contributed by atoms with Gasteiger partial charge in [0.25, 0.3) is 0 Å². The zero-order valence-corrected chi connectivity index (χ0v) is 16.6. The van der Waals surface area contributed by atoms with Gasteiger partial charge in [-0.25, -0.2) is 9.38 Å². The number of nitrogens with zero attached hydrogens (tertiary/aromatic N) is 4. The first-order valence-corrected chi connectivity index (χ1v) is 9.08. The molecule has 0 atom stereocenters. The van der Waals surface area contributed by atoms with Crippen LogP contribution >= 0.6 is 0 Å². The van der Waals surface area contributed by atoms with E-state index < -0.39 is 23.1 Å². The van der Waals surface area contributed by atoms with Gasteiger partial charge in [-0.2, -0.15) is 18.3 Å². The van der Waals surface area contributed by atoms with E-state index in [0.29, 0.717) is 6.41 Å². The minimum Gasteiger partial charge on any atom is -0.379 e. The molecule has 31 heavy (non-hydrogen) atoms. The average Bonchev–Trinajstić information content (AvgIpc) is 3.18. The number of H-pyrrole nitrogens is 1. The number of hydrogen-bond donors (Lipinski definition) is 3. The van der Waals surface area contributed by atoms with Gasteiger partial charge in [0.05, 0.1) is 29.6 Å². The number of nitrogens with one attached hydrogen (secondary N) is 3. The minimum atomic E-state index is -5.00. The Kier molecular flexibility index (Phi) is 6.09. The van der Waals surface area contributed by atoms with E-state index in [1.165, 1.54) is 29.7 Å². The molecule has 0 spiro atoms. The molecule has 1 amide bonds. The van der Waals surface area contributed by atoms with Crippen LogP contribution in [0, 0.1) is 5.82 Å². The molecule has 0 aliphatic carbocycles. The van der Waals surface area contributed by atoms with Crippen LogP contribution in [-0.2, 0) is 11.0 Å². The molecule has 1 aromatic heterocycles. The van der Waals surface area contributed by atoms with Gasteiger partial charge in [-0.3, -0.25) is 14.9 Å². The van der Waals surface area contributed by atoms with Crippen LogP contribution in [-0.4, -0.2) is 47.0 Å². The van der Waals surface area contributed by atoms with Gasteiger partial charge < -0.3 is 15.5 Å². The van der Waals surface area contributed by atoms with Crippen LogP contribution in [0.25, 0.3) is 16.6 Å². The fourth-order valence-electron chi connectivity index (χ4n) is 3.14. The molecule has 0 bridgehead atoms. The fraction of sp³-hybridized carbons (Fsp3) is 0.263. The van der Waals surface area contributed by atoms with E-state index in [1.54, 1.807) is 13.8 Å². The van der Waals surface area contributed by atoms with E-state index in [9.17, 15) is 18.0 Å². The number of aliphatic imine (C=N–C) groups is 2. The Morgan fingerprint density at radius 2 is 2.16 bits per heavy atom. The van der Waals surface area contributed by atoms with Crippen molar-refractivity contribution in [3.05, 3.63) is 41.4 Å². The second kappa shape index (κ2) is 8.58. The van der Waals surface area contributed by atoms with E-state index in [1.807, 2.05) is 0 Å². The second-order valence-electron chi connectivity index (χ2n) is 6.85. The van der Waals surface area contributed by atoms with Gasteiger partial charge in [0, 0.05) is 35.6 Å². The molecule has 3 N–H and O–H groups in total. The van der Waals surface area contributed by atoms with Gasteiger partial charge in [0.1, 0.15) is 11.4 Å². The molecule has 0 unspecified atom stereocenters. The van der Waals surface area contributed by atoms with Crippen molar-refractivity contribution in [1.29, 1.82) is 0 Å². The van der Waals surface area contributed by atoms with Gasteiger partial charge in [-0.1, -0.05) is 0 Å². The number of carbonyl (C=O) groups is 1. The summed E-state index contributed by atoms with van der Waals surface area (Å²) in [5.41, 5.74) is -2.26. The maximum absolute atomic E-state index is 15.2. The number of aromatic nitrogens is 2. The third-order valence-corrected chi connectivity index (χ3v) is 4.30. The molecule has 0 fully saturated rings. The number of hydrogen-bond acceptors (Lipinski definition) is 6. The molecule has 0 saturated carbocycles. The summed E-state index contributed by atoms with van der Waals surface area (Å²) in [5.74, 6) is -1.37. The van der Waals surface area contributed by atoms with Crippen molar-refractivity contribution in [3.63, 3.8) is 0 Å². The number of benzene rings is 1. The smallest absolute Gasteiger partial charge is 0.379 e. The SMILES string of the molecule is C=N/C(=C\N1C=C(c2c(C(F)(F)F)c(F)c(NC(C)C)c3[nH]ncc23)N=CC1)NC=O. The van der Waals surface area contributed by atoms with Gasteiger partial charge in [-0.05, 0) is 20.6 Å². The van der Waals surface area contributed by atoms with Crippen molar-refractivity contribution in [2.75, 3.05) is 11.9 Å². The number of fused-ring (bicyclic) bond motifs is 1. The first-order chi connectivity index (χ1) is 14.7. The number of aromatic amines is 1. The Bertz CT molecular complexity index is 1100. The zero-order valence-electron chi connectivity index (χ0n) is 16.6. The number of anilines is 1. The van der Waals surface area contributed by atoms with Crippen LogP contribution in [0.5, 0.6) is 0 Å². The van der Waals surface area contributed by atoms with Crippen molar-refractivity contribution in [2.24, 2.45) is 9.98 Å². The summed E-state index contributed by atoms with van der Waals surface area (Å²) in [4.78, 5) is 19.8. The number of amides is 1. The van der Waals surface area contributed by atoms with Gasteiger partial charge in [0.15, 0.2) is 5.82 Å². The Morgan fingerprint density at radius 1 is 1.42 bits per heavy atom. The number of halogens is 4. The highest BCUT2D eigenvalue weighted by atomic mass is 19.4. The molecule has 8 nitrogen and oxygen atoms in total. The molecular formula is C19H19F4N7O. The Labute approximate surface area is 174 Å². The van der Waals surface area contributed by atoms with Crippen molar-refractivity contribution in [1.82, 2.24) is 20.4 Å². The van der Waals surface area contributed by atoms with Crippen LogP contribution in [0.3, 0.4) is 0 Å². The Hall–Kier alpha value is -3.70. The molecule has 2 heterocycles. The standard InChI is InChI=1S/C19H19F4N7O/c1-10(2)28-18-16(20)15(19(21,22)23)14(11-6-27-29-17(11)18)12-7-30(5-4-25-12)8-13(24-3)26-9-31/h4,6-10,28H,3,5H2,1-2H3,(H,26,31)(H,27,29)/b13-8+. The Balaban J connectivity index is 2.26. The monoisotopic (exact) mass is 437 g/mol. The van der Waals surface area contributed by atoms with Crippen molar-refractivity contribution >= 4 is 41.6 Å². The van der Waals surface area contributed by atoms with E-state index >= 15 is 4.39 Å². The highest BCUT2D eigenvalue weighted by Crippen LogP contribution is 2.44. The predicted molar refractivity (Wildman–Crippen MR) is 110 cm³/mol. The molecule has 0 saturated heterocycles. The van der Waals surface area contributed by atoms with Gasteiger partial charge in [0.2, 0.25) is 6.41 Å². The highest BCUT2D eigenvalue weighted by molar-refractivity contribution is 6.01.